The minimum Gasteiger partial charge on any atom is -0.347 e. The molecule has 7 nitrogen and oxygen atoms in total. The van der Waals surface area contributed by atoms with Gasteiger partial charge in [-0.2, -0.15) is 4.31 Å². The fourth-order valence-corrected chi connectivity index (χ4v) is 6.43. The van der Waals surface area contributed by atoms with Crippen LogP contribution in [0.4, 0.5) is 0 Å². The van der Waals surface area contributed by atoms with Crippen LogP contribution in [0.5, 0.6) is 0 Å². The van der Waals surface area contributed by atoms with Gasteiger partial charge in [-0.3, -0.25) is 4.79 Å². The van der Waals surface area contributed by atoms with E-state index < -0.39 is 16.1 Å². The molecule has 2 N–H and O–H groups in total. The Kier molecular flexibility index (Phi) is 5.38. The van der Waals surface area contributed by atoms with Gasteiger partial charge in [-0.15, -0.1) is 0 Å². The number of amides is 1. The Balaban J connectivity index is 1.53. The first kappa shape index (κ1) is 20.6. The summed E-state index contributed by atoms with van der Waals surface area (Å²) in [5.41, 5.74) is 4.17. The molecule has 158 valence electrons. The quantitative estimate of drug-likeness (QED) is 0.656. The summed E-state index contributed by atoms with van der Waals surface area (Å²) in [5, 5.41) is 2.85. The number of aromatic amines is 1. The van der Waals surface area contributed by atoms with Crippen molar-refractivity contribution in [1.82, 2.24) is 19.6 Å². The summed E-state index contributed by atoms with van der Waals surface area (Å²) < 4.78 is 28.2. The van der Waals surface area contributed by atoms with Gasteiger partial charge in [-0.25, -0.2) is 13.4 Å². The first-order chi connectivity index (χ1) is 14.3. The van der Waals surface area contributed by atoms with Crippen LogP contribution in [0.1, 0.15) is 35.4 Å². The van der Waals surface area contributed by atoms with Crippen LogP contribution in [0, 0.1) is 20.8 Å². The average Bonchev–Trinajstić information content (AvgIpc) is 3.32. The van der Waals surface area contributed by atoms with Gasteiger partial charge >= 0.3 is 0 Å². The standard InChI is InChI=1S/C22H26N4O3S/c1-14-11-15(2)21(16(3)12-14)30(28,29)26-10-6-9-19(26)22(27)23-13-20-24-17-7-4-5-8-18(17)25-20/h4-5,7-8,11-12,19H,6,9-10,13H2,1-3H3,(H,23,27)(H,24,25). The molecule has 1 atom stereocenters. The number of H-pyrrole nitrogens is 1. The van der Waals surface area contributed by atoms with Gasteiger partial charge in [0.2, 0.25) is 15.9 Å². The number of imidazole rings is 1. The van der Waals surface area contributed by atoms with E-state index in [0.717, 1.165) is 16.6 Å². The van der Waals surface area contributed by atoms with Gasteiger partial charge in [0.25, 0.3) is 0 Å². The van der Waals surface area contributed by atoms with Crippen LogP contribution in [0.25, 0.3) is 11.0 Å². The fraction of sp³-hybridized carbons (Fsp3) is 0.364. The number of carbonyl (C=O) groups excluding carboxylic acids is 1. The molecule has 0 bridgehead atoms. The van der Waals surface area contributed by atoms with Gasteiger partial charge < -0.3 is 10.3 Å². The highest BCUT2D eigenvalue weighted by Crippen LogP contribution is 2.30. The molecule has 0 aliphatic carbocycles. The molecule has 1 amide bonds. The second-order valence-electron chi connectivity index (χ2n) is 7.92. The van der Waals surface area contributed by atoms with E-state index >= 15 is 0 Å². The Morgan fingerprint density at radius 1 is 1.20 bits per heavy atom. The number of aryl methyl sites for hydroxylation is 3. The summed E-state index contributed by atoms with van der Waals surface area (Å²) in [6, 6.07) is 10.7. The van der Waals surface area contributed by atoms with Gasteiger partial charge in [-0.05, 0) is 56.9 Å². The van der Waals surface area contributed by atoms with Crippen LogP contribution in [-0.4, -0.2) is 41.2 Å². The number of nitrogens with zero attached hydrogens (tertiary/aromatic N) is 2. The molecule has 8 heteroatoms. The number of hydrogen-bond acceptors (Lipinski definition) is 4. The maximum Gasteiger partial charge on any atom is 0.244 e. The van der Waals surface area contributed by atoms with Crippen molar-refractivity contribution in [3.63, 3.8) is 0 Å². The van der Waals surface area contributed by atoms with E-state index in [9.17, 15) is 13.2 Å². The second-order valence-corrected chi connectivity index (χ2v) is 9.75. The van der Waals surface area contributed by atoms with E-state index in [1.807, 2.05) is 43.3 Å². The van der Waals surface area contributed by atoms with Gasteiger partial charge in [0, 0.05) is 6.54 Å². The molecular formula is C22H26N4O3S. The molecule has 1 aromatic heterocycles. The molecule has 1 fully saturated rings. The predicted molar refractivity (Wildman–Crippen MR) is 116 cm³/mol. The highest BCUT2D eigenvalue weighted by molar-refractivity contribution is 7.89. The second kappa shape index (κ2) is 7.85. The highest BCUT2D eigenvalue weighted by atomic mass is 32.2. The summed E-state index contributed by atoms with van der Waals surface area (Å²) in [6.45, 7) is 6.12. The van der Waals surface area contributed by atoms with E-state index in [0.29, 0.717) is 41.2 Å². The zero-order chi connectivity index (χ0) is 21.5. The maximum absolute atomic E-state index is 13.4. The van der Waals surface area contributed by atoms with E-state index in [1.165, 1.54) is 4.31 Å². The molecule has 30 heavy (non-hydrogen) atoms. The lowest BCUT2D eigenvalue weighted by Gasteiger charge is -2.25. The van der Waals surface area contributed by atoms with Gasteiger partial charge in [-0.1, -0.05) is 29.8 Å². The number of sulfonamides is 1. The van der Waals surface area contributed by atoms with Gasteiger partial charge in [0.05, 0.1) is 22.5 Å². The number of hydrogen-bond donors (Lipinski definition) is 2. The Labute approximate surface area is 176 Å². The Bertz CT molecular complexity index is 1160. The summed E-state index contributed by atoms with van der Waals surface area (Å²) in [4.78, 5) is 20.8. The number of benzene rings is 2. The molecule has 3 aromatic rings. The smallest absolute Gasteiger partial charge is 0.244 e. The molecule has 0 radical (unpaired) electrons. The number of nitrogens with one attached hydrogen (secondary N) is 2. The average molecular weight is 427 g/mol. The monoisotopic (exact) mass is 426 g/mol. The molecule has 2 aromatic carbocycles. The minimum absolute atomic E-state index is 0.223. The zero-order valence-electron chi connectivity index (χ0n) is 17.4. The number of fused-ring (bicyclic) bond motifs is 1. The summed E-state index contributed by atoms with van der Waals surface area (Å²) >= 11 is 0. The van der Waals surface area contributed by atoms with Crippen LogP contribution in [-0.2, 0) is 21.4 Å². The minimum atomic E-state index is -3.77. The van der Waals surface area contributed by atoms with Crippen LogP contribution >= 0.6 is 0 Å². The Hall–Kier alpha value is -2.71. The van der Waals surface area contributed by atoms with Crippen LogP contribution in [0.15, 0.2) is 41.3 Å². The third-order valence-electron chi connectivity index (χ3n) is 5.55. The van der Waals surface area contributed by atoms with Crippen LogP contribution < -0.4 is 5.32 Å². The van der Waals surface area contributed by atoms with Crippen molar-refractivity contribution in [1.29, 1.82) is 0 Å². The van der Waals surface area contributed by atoms with Gasteiger partial charge in [0.15, 0.2) is 0 Å². The SMILES string of the molecule is Cc1cc(C)c(S(=O)(=O)N2CCCC2C(=O)NCc2nc3ccccc3[nH]2)c(C)c1. The fourth-order valence-electron chi connectivity index (χ4n) is 4.36. The third-order valence-corrected chi connectivity index (χ3v) is 7.76. The predicted octanol–water partition coefficient (Wildman–Crippen LogP) is 2.96. The largest absolute Gasteiger partial charge is 0.347 e. The van der Waals surface area contributed by atoms with Crippen molar-refractivity contribution in [2.24, 2.45) is 0 Å². The topological polar surface area (TPSA) is 95.2 Å². The Morgan fingerprint density at radius 3 is 2.60 bits per heavy atom. The van der Waals surface area contributed by atoms with Crippen molar-refractivity contribution in [3.8, 4) is 0 Å². The maximum atomic E-state index is 13.4. The molecule has 4 rings (SSSR count). The van der Waals surface area contributed by atoms with E-state index in [-0.39, 0.29) is 12.5 Å². The molecule has 2 heterocycles. The van der Waals surface area contributed by atoms with Crippen LogP contribution in [0.2, 0.25) is 0 Å². The third kappa shape index (κ3) is 3.73. The number of para-hydroxylation sites is 2. The van der Waals surface area contributed by atoms with Crippen molar-refractivity contribution in [3.05, 3.63) is 58.9 Å². The van der Waals surface area contributed by atoms with Crippen LogP contribution in [0.3, 0.4) is 0 Å². The zero-order valence-corrected chi connectivity index (χ0v) is 18.2. The molecule has 1 unspecified atom stereocenters. The van der Waals surface area contributed by atoms with Crippen molar-refractivity contribution < 1.29 is 13.2 Å². The number of carbonyl (C=O) groups is 1. The summed E-state index contributed by atoms with van der Waals surface area (Å²) in [5.74, 6) is 0.348. The lowest BCUT2D eigenvalue weighted by Crippen LogP contribution is -2.46. The molecule has 1 aliphatic rings. The number of aromatic nitrogens is 2. The number of rotatable bonds is 5. The molecule has 0 saturated carbocycles. The lowest BCUT2D eigenvalue weighted by atomic mass is 10.1. The highest BCUT2D eigenvalue weighted by Gasteiger charge is 2.40. The van der Waals surface area contributed by atoms with E-state index in [1.54, 1.807) is 13.8 Å². The van der Waals surface area contributed by atoms with E-state index in [4.69, 9.17) is 0 Å². The first-order valence-corrected chi connectivity index (χ1v) is 11.5. The molecule has 1 aliphatic heterocycles. The molecule has 1 saturated heterocycles. The summed E-state index contributed by atoms with van der Waals surface area (Å²) in [6.07, 6.45) is 1.17. The van der Waals surface area contributed by atoms with Crippen molar-refractivity contribution >= 4 is 27.0 Å². The van der Waals surface area contributed by atoms with E-state index in [2.05, 4.69) is 15.3 Å². The normalized spacial score (nSPS) is 17.5. The first-order valence-electron chi connectivity index (χ1n) is 10.1. The Morgan fingerprint density at radius 2 is 1.90 bits per heavy atom. The lowest BCUT2D eigenvalue weighted by molar-refractivity contribution is -0.124. The van der Waals surface area contributed by atoms with Gasteiger partial charge in [0.1, 0.15) is 11.9 Å². The summed E-state index contributed by atoms with van der Waals surface area (Å²) in [7, 11) is -3.77. The molecular weight excluding hydrogens is 400 g/mol. The van der Waals surface area contributed by atoms with Crippen molar-refractivity contribution in [2.75, 3.05) is 6.54 Å². The molecule has 0 spiro atoms. The van der Waals surface area contributed by atoms with Crippen molar-refractivity contribution in [2.45, 2.75) is 51.1 Å².